The minimum absolute atomic E-state index is 0.0451. The molecule has 192 valence electrons. The van der Waals surface area contributed by atoms with E-state index in [-0.39, 0.29) is 23.9 Å². The Bertz CT molecular complexity index is 1250. The van der Waals surface area contributed by atoms with Gasteiger partial charge in [-0.2, -0.15) is 10.2 Å². The van der Waals surface area contributed by atoms with E-state index < -0.39 is 5.82 Å². The number of ether oxygens (including phenoxy) is 2. The first-order valence-corrected chi connectivity index (χ1v) is 12.6. The Morgan fingerprint density at radius 1 is 1.17 bits per heavy atom. The minimum Gasteiger partial charge on any atom is -0.479 e. The number of halogens is 1. The molecule has 0 aliphatic carbocycles. The Kier molecular flexibility index (Phi) is 6.79. The lowest BCUT2D eigenvalue weighted by Gasteiger charge is -2.38. The summed E-state index contributed by atoms with van der Waals surface area (Å²) in [5.41, 5.74) is 4.36. The van der Waals surface area contributed by atoms with Crippen molar-refractivity contribution >= 4 is 5.91 Å². The van der Waals surface area contributed by atoms with Gasteiger partial charge in [-0.1, -0.05) is 0 Å². The summed E-state index contributed by atoms with van der Waals surface area (Å²) in [6, 6.07) is 1.72. The topological polar surface area (TPSA) is 87.3 Å². The van der Waals surface area contributed by atoms with Crippen molar-refractivity contribution in [1.82, 2.24) is 29.4 Å². The van der Waals surface area contributed by atoms with Crippen molar-refractivity contribution < 1.29 is 18.7 Å². The molecule has 36 heavy (non-hydrogen) atoms. The van der Waals surface area contributed by atoms with E-state index in [0.29, 0.717) is 44.1 Å². The number of nitrogens with zero attached hydrogens (tertiary/aromatic N) is 6. The molecule has 0 radical (unpaired) electrons. The largest absolute Gasteiger partial charge is 0.479 e. The van der Waals surface area contributed by atoms with Gasteiger partial charge in [0.25, 0.3) is 0 Å². The van der Waals surface area contributed by atoms with E-state index >= 15 is 0 Å². The SMILES string of the molecule is COc1ncc(-n2nc(-c3cnn(C(C)C4CCC(=O)N(C(C)C)C4)c3)c3c2CCOCC3)cc1F. The van der Waals surface area contributed by atoms with Crippen LogP contribution in [0.5, 0.6) is 5.88 Å². The zero-order valence-electron chi connectivity index (χ0n) is 21.3. The molecule has 1 saturated heterocycles. The Morgan fingerprint density at radius 3 is 2.72 bits per heavy atom. The average Bonchev–Trinajstić information content (AvgIpc) is 3.41. The smallest absolute Gasteiger partial charge is 0.250 e. The molecule has 10 heteroatoms. The number of methoxy groups -OCH3 is 1. The van der Waals surface area contributed by atoms with Gasteiger partial charge < -0.3 is 14.4 Å². The lowest BCUT2D eigenvalue weighted by molar-refractivity contribution is -0.137. The minimum atomic E-state index is -0.534. The van der Waals surface area contributed by atoms with Crippen LogP contribution in [0.1, 0.15) is 50.9 Å². The number of rotatable bonds is 6. The van der Waals surface area contributed by atoms with E-state index in [1.807, 2.05) is 22.0 Å². The van der Waals surface area contributed by atoms with E-state index in [4.69, 9.17) is 19.7 Å². The summed E-state index contributed by atoms with van der Waals surface area (Å²) in [6.45, 7) is 8.21. The monoisotopic (exact) mass is 496 g/mol. The van der Waals surface area contributed by atoms with Crippen LogP contribution in [0.15, 0.2) is 24.7 Å². The second-order valence-electron chi connectivity index (χ2n) is 9.87. The van der Waals surface area contributed by atoms with Gasteiger partial charge in [0.15, 0.2) is 5.82 Å². The first kappa shape index (κ1) is 24.4. The molecule has 3 aromatic heterocycles. The molecule has 1 amide bonds. The van der Waals surface area contributed by atoms with Crippen LogP contribution in [0.25, 0.3) is 16.9 Å². The van der Waals surface area contributed by atoms with Crippen molar-refractivity contribution in [3.63, 3.8) is 0 Å². The molecular weight excluding hydrogens is 463 g/mol. The average molecular weight is 497 g/mol. The third-order valence-corrected chi connectivity index (χ3v) is 7.38. The van der Waals surface area contributed by atoms with Crippen LogP contribution in [0.4, 0.5) is 4.39 Å². The molecule has 0 bridgehead atoms. The maximum Gasteiger partial charge on any atom is 0.250 e. The maximum absolute atomic E-state index is 14.5. The second-order valence-corrected chi connectivity index (χ2v) is 9.87. The van der Waals surface area contributed by atoms with E-state index in [1.54, 1.807) is 10.9 Å². The number of hydrogen-bond donors (Lipinski definition) is 0. The second kappa shape index (κ2) is 10.0. The molecule has 9 nitrogen and oxygen atoms in total. The highest BCUT2D eigenvalue weighted by atomic mass is 19.1. The molecule has 2 unspecified atom stereocenters. The van der Waals surface area contributed by atoms with Gasteiger partial charge >= 0.3 is 0 Å². The van der Waals surface area contributed by atoms with E-state index in [1.165, 1.54) is 13.2 Å². The number of hydrogen-bond acceptors (Lipinski definition) is 6. The summed E-state index contributed by atoms with van der Waals surface area (Å²) in [6.07, 6.45) is 8.26. The molecule has 1 fully saturated rings. The number of pyridine rings is 1. The normalized spacial score (nSPS) is 19.3. The van der Waals surface area contributed by atoms with Crippen molar-refractivity contribution in [3.8, 4) is 22.8 Å². The highest BCUT2D eigenvalue weighted by Crippen LogP contribution is 2.33. The van der Waals surface area contributed by atoms with E-state index in [2.05, 4.69) is 25.8 Å². The number of aromatic nitrogens is 5. The van der Waals surface area contributed by atoms with E-state index in [9.17, 15) is 9.18 Å². The molecule has 0 N–H and O–H groups in total. The fourth-order valence-corrected chi connectivity index (χ4v) is 5.27. The van der Waals surface area contributed by atoms with Crippen LogP contribution < -0.4 is 4.74 Å². The molecule has 0 aromatic carbocycles. The number of carbonyl (C=O) groups is 1. The van der Waals surface area contributed by atoms with Crippen LogP contribution in [0.3, 0.4) is 0 Å². The van der Waals surface area contributed by atoms with Gasteiger partial charge in [0.2, 0.25) is 11.8 Å². The summed E-state index contributed by atoms with van der Waals surface area (Å²) in [7, 11) is 1.39. The molecule has 0 spiro atoms. The van der Waals surface area contributed by atoms with Gasteiger partial charge in [-0.15, -0.1) is 0 Å². The highest BCUT2D eigenvalue weighted by molar-refractivity contribution is 5.77. The van der Waals surface area contributed by atoms with Crippen LogP contribution in [-0.2, 0) is 22.4 Å². The van der Waals surface area contributed by atoms with Gasteiger partial charge in [0.05, 0.1) is 55.8 Å². The fraction of sp³-hybridized carbons (Fsp3) is 0.538. The van der Waals surface area contributed by atoms with Gasteiger partial charge in [0, 0.05) is 48.8 Å². The Hall–Kier alpha value is -3.27. The Labute approximate surface area is 210 Å². The van der Waals surface area contributed by atoms with E-state index in [0.717, 1.165) is 35.5 Å². The predicted octanol–water partition coefficient (Wildman–Crippen LogP) is 3.60. The molecule has 0 saturated carbocycles. The fourth-order valence-electron chi connectivity index (χ4n) is 5.27. The van der Waals surface area contributed by atoms with Crippen LogP contribution in [0.2, 0.25) is 0 Å². The summed E-state index contributed by atoms with van der Waals surface area (Å²) in [4.78, 5) is 18.4. The predicted molar refractivity (Wildman–Crippen MR) is 132 cm³/mol. The number of fused-ring (bicyclic) bond motifs is 1. The third-order valence-electron chi connectivity index (χ3n) is 7.38. The van der Waals surface area contributed by atoms with Crippen molar-refractivity contribution in [3.05, 3.63) is 41.7 Å². The van der Waals surface area contributed by atoms with Gasteiger partial charge in [0.1, 0.15) is 0 Å². The summed E-state index contributed by atoms with van der Waals surface area (Å²) < 4.78 is 28.9. The van der Waals surface area contributed by atoms with Crippen LogP contribution in [-0.4, -0.2) is 68.3 Å². The number of piperidine rings is 1. The summed E-state index contributed by atoms with van der Waals surface area (Å²) in [5.74, 6) is -0.0197. The first-order chi connectivity index (χ1) is 17.4. The standard InChI is InChI=1S/C26H33FN6O3/c1-16(2)31-14-18(5-6-24(31)34)17(3)32-15-19(12-29-32)25-21-7-9-36-10-8-23(21)33(30-25)20-11-22(27)26(35-4)28-13-20/h11-13,15-18H,5-10,14H2,1-4H3. The molecule has 2 aliphatic rings. The molecular formula is C26H33FN6O3. The zero-order valence-corrected chi connectivity index (χ0v) is 21.3. The van der Waals surface area contributed by atoms with Gasteiger partial charge in [-0.3, -0.25) is 9.48 Å². The van der Waals surface area contributed by atoms with Crippen LogP contribution in [0, 0.1) is 11.7 Å². The Balaban J connectivity index is 1.47. The molecule has 2 atom stereocenters. The number of carbonyl (C=O) groups excluding carboxylic acids is 1. The molecule has 5 rings (SSSR count). The van der Waals surface area contributed by atoms with Crippen molar-refractivity contribution in [2.24, 2.45) is 5.92 Å². The van der Waals surface area contributed by atoms with Crippen molar-refractivity contribution in [2.75, 3.05) is 26.9 Å². The van der Waals surface area contributed by atoms with Crippen molar-refractivity contribution in [2.45, 2.75) is 58.5 Å². The molecule has 5 heterocycles. The molecule has 3 aromatic rings. The van der Waals surface area contributed by atoms with Gasteiger partial charge in [-0.05, 0) is 39.5 Å². The maximum atomic E-state index is 14.5. The summed E-state index contributed by atoms with van der Waals surface area (Å²) >= 11 is 0. The quantitative estimate of drug-likeness (QED) is 0.518. The lowest BCUT2D eigenvalue weighted by Crippen LogP contribution is -2.45. The lowest BCUT2D eigenvalue weighted by atomic mass is 9.90. The first-order valence-electron chi connectivity index (χ1n) is 12.6. The third kappa shape index (κ3) is 4.50. The van der Waals surface area contributed by atoms with Crippen LogP contribution >= 0.6 is 0 Å². The summed E-state index contributed by atoms with van der Waals surface area (Å²) in [5, 5.41) is 9.60. The highest BCUT2D eigenvalue weighted by Gasteiger charge is 2.32. The number of likely N-dealkylation sites (tertiary alicyclic amines) is 1. The number of amides is 1. The Morgan fingerprint density at radius 2 is 1.97 bits per heavy atom. The van der Waals surface area contributed by atoms with Gasteiger partial charge in [-0.25, -0.2) is 14.1 Å². The zero-order chi connectivity index (χ0) is 25.4. The van der Waals surface area contributed by atoms with Crippen molar-refractivity contribution in [1.29, 1.82) is 0 Å². The molecule has 2 aliphatic heterocycles.